The molecule has 1 aliphatic rings. The lowest BCUT2D eigenvalue weighted by Gasteiger charge is -2.06. The van der Waals surface area contributed by atoms with Crippen molar-refractivity contribution in [2.24, 2.45) is 0 Å². The molecule has 0 unspecified atom stereocenters. The highest BCUT2D eigenvalue weighted by molar-refractivity contribution is 5.81. The summed E-state index contributed by atoms with van der Waals surface area (Å²) in [5.74, 6) is 0.552. The van der Waals surface area contributed by atoms with Crippen LogP contribution in [0.1, 0.15) is 5.56 Å². The van der Waals surface area contributed by atoms with E-state index >= 15 is 0 Å². The van der Waals surface area contributed by atoms with E-state index in [1.165, 1.54) is 7.11 Å². The van der Waals surface area contributed by atoms with Crippen molar-refractivity contribution in [3.63, 3.8) is 0 Å². The number of rotatable bonds is 1. The lowest BCUT2D eigenvalue weighted by Crippen LogP contribution is -2.28. The summed E-state index contributed by atoms with van der Waals surface area (Å²) in [6.07, 6.45) is 2.36. The zero-order valence-corrected chi connectivity index (χ0v) is 7.28. The molecule has 0 fully saturated rings. The third-order valence-corrected chi connectivity index (χ3v) is 2.11. The van der Waals surface area contributed by atoms with Gasteiger partial charge in [0.15, 0.2) is 0 Å². The SMILES string of the molecule is COC(=O)[C@@H]1Cc2cccnc2N1. The van der Waals surface area contributed by atoms with E-state index in [1.54, 1.807) is 6.20 Å². The number of hydrogen-bond donors (Lipinski definition) is 1. The molecule has 13 heavy (non-hydrogen) atoms. The van der Waals surface area contributed by atoms with Gasteiger partial charge in [-0.1, -0.05) is 6.07 Å². The summed E-state index contributed by atoms with van der Waals surface area (Å²) in [7, 11) is 1.39. The number of methoxy groups -OCH3 is 1. The summed E-state index contributed by atoms with van der Waals surface area (Å²) >= 11 is 0. The maximum Gasteiger partial charge on any atom is 0.328 e. The van der Waals surface area contributed by atoms with Crippen LogP contribution in [0, 0.1) is 0 Å². The van der Waals surface area contributed by atoms with Gasteiger partial charge in [-0.2, -0.15) is 0 Å². The lowest BCUT2D eigenvalue weighted by molar-refractivity contribution is -0.141. The van der Waals surface area contributed by atoms with E-state index in [2.05, 4.69) is 15.0 Å². The van der Waals surface area contributed by atoms with Crippen LogP contribution in [0.3, 0.4) is 0 Å². The smallest absolute Gasteiger partial charge is 0.328 e. The molecule has 0 radical (unpaired) electrons. The van der Waals surface area contributed by atoms with Crippen molar-refractivity contribution in [1.29, 1.82) is 0 Å². The van der Waals surface area contributed by atoms with E-state index < -0.39 is 0 Å². The molecule has 0 aliphatic carbocycles. The molecular weight excluding hydrogens is 168 g/mol. The van der Waals surface area contributed by atoms with E-state index in [9.17, 15) is 4.79 Å². The average Bonchev–Trinajstić information content (AvgIpc) is 2.59. The Kier molecular flexibility index (Phi) is 1.88. The number of aromatic nitrogens is 1. The molecule has 1 aromatic heterocycles. The second-order valence-corrected chi connectivity index (χ2v) is 2.94. The number of hydrogen-bond acceptors (Lipinski definition) is 4. The number of fused-ring (bicyclic) bond motifs is 1. The van der Waals surface area contributed by atoms with E-state index in [4.69, 9.17) is 0 Å². The summed E-state index contributed by atoms with van der Waals surface area (Å²) in [6.45, 7) is 0. The molecule has 0 saturated heterocycles. The van der Waals surface area contributed by atoms with Crippen molar-refractivity contribution in [1.82, 2.24) is 4.98 Å². The van der Waals surface area contributed by atoms with Crippen LogP contribution in [-0.2, 0) is 16.0 Å². The maximum absolute atomic E-state index is 11.2. The van der Waals surface area contributed by atoms with Crippen molar-refractivity contribution in [2.75, 3.05) is 12.4 Å². The largest absolute Gasteiger partial charge is 0.467 e. The van der Waals surface area contributed by atoms with Crippen LogP contribution in [0.4, 0.5) is 5.82 Å². The predicted molar refractivity (Wildman–Crippen MR) is 47.4 cm³/mol. The quantitative estimate of drug-likeness (QED) is 0.639. The van der Waals surface area contributed by atoms with Crippen molar-refractivity contribution >= 4 is 11.8 Å². The highest BCUT2D eigenvalue weighted by Crippen LogP contribution is 2.22. The second-order valence-electron chi connectivity index (χ2n) is 2.94. The van der Waals surface area contributed by atoms with Gasteiger partial charge in [-0.05, 0) is 11.6 Å². The highest BCUT2D eigenvalue weighted by atomic mass is 16.5. The van der Waals surface area contributed by atoms with Crippen LogP contribution >= 0.6 is 0 Å². The zero-order chi connectivity index (χ0) is 9.26. The van der Waals surface area contributed by atoms with Gasteiger partial charge in [-0.3, -0.25) is 0 Å². The molecule has 1 aliphatic heterocycles. The molecule has 0 saturated carbocycles. The molecule has 0 amide bonds. The van der Waals surface area contributed by atoms with E-state index in [0.29, 0.717) is 6.42 Å². The number of carbonyl (C=O) groups is 1. The number of carbonyl (C=O) groups excluding carboxylic acids is 1. The maximum atomic E-state index is 11.2. The Morgan fingerprint density at radius 1 is 1.77 bits per heavy atom. The van der Waals surface area contributed by atoms with Gasteiger partial charge in [0.1, 0.15) is 11.9 Å². The van der Waals surface area contributed by atoms with Crippen LogP contribution < -0.4 is 5.32 Å². The van der Waals surface area contributed by atoms with Gasteiger partial charge in [-0.15, -0.1) is 0 Å². The molecule has 68 valence electrons. The minimum Gasteiger partial charge on any atom is -0.467 e. The Labute approximate surface area is 75.9 Å². The average molecular weight is 178 g/mol. The molecule has 0 spiro atoms. The minimum absolute atomic E-state index is 0.238. The third kappa shape index (κ3) is 1.35. The number of ether oxygens (including phenoxy) is 1. The van der Waals surface area contributed by atoms with Crippen molar-refractivity contribution in [2.45, 2.75) is 12.5 Å². The van der Waals surface area contributed by atoms with Crippen molar-refractivity contribution in [3.05, 3.63) is 23.9 Å². The van der Waals surface area contributed by atoms with Gasteiger partial charge < -0.3 is 10.1 Å². The Morgan fingerprint density at radius 2 is 2.62 bits per heavy atom. The number of pyridine rings is 1. The molecule has 2 rings (SSSR count). The highest BCUT2D eigenvalue weighted by Gasteiger charge is 2.27. The minimum atomic E-state index is -0.269. The Bertz CT molecular complexity index is 313. The zero-order valence-electron chi connectivity index (χ0n) is 7.28. The normalized spacial score (nSPS) is 19.0. The van der Waals surface area contributed by atoms with Gasteiger partial charge in [0.2, 0.25) is 0 Å². The first-order valence-corrected chi connectivity index (χ1v) is 4.09. The van der Waals surface area contributed by atoms with Crippen molar-refractivity contribution < 1.29 is 9.53 Å². The summed E-state index contributed by atoms with van der Waals surface area (Å²) < 4.78 is 4.64. The standard InChI is InChI=1S/C9H10N2O2/c1-13-9(12)7-5-6-3-2-4-10-8(6)11-7/h2-4,7H,5H2,1H3,(H,10,11)/t7-/m0/s1. The molecule has 0 bridgehead atoms. The van der Waals surface area contributed by atoms with E-state index in [0.717, 1.165) is 11.4 Å². The second kappa shape index (κ2) is 3.05. The topological polar surface area (TPSA) is 51.2 Å². The van der Waals surface area contributed by atoms with Gasteiger partial charge >= 0.3 is 5.97 Å². The van der Waals surface area contributed by atoms with E-state index in [-0.39, 0.29) is 12.0 Å². The fourth-order valence-electron chi connectivity index (χ4n) is 1.45. The number of esters is 1. The summed E-state index contributed by atoms with van der Waals surface area (Å²) in [5.41, 5.74) is 1.07. The third-order valence-electron chi connectivity index (χ3n) is 2.11. The van der Waals surface area contributed by atoms with Crippen LogP contribution in [-0.4, -0.2) is 24.1 Å². The predicted octanol–water partition coefficient (Wildman–Crippen LogP) is 0.591. The monoisotopic (exact) mass is 178 g/mol. The molecule has 0 aromatic carbocycles. The van der Waals surface area contributed by atoms with Crippen molar-refractivity contribution in [3.8, 4) is 0 Å². The molecule has 2 heterocycles. The van der Waals surface area contributed by atoms with Crippen LogP contribution in [0.15, 0.2) is 18.3 Å². The van der Waals surface area contributed by atoms with Crippen LogP contribution in [0.2, 0.25) is 0 Å². The molecule has 4 heteroatoms. The van der Waals surface area contributed by atoms with Crippen LogP contribution in [0.5, 0.6) is 0 Å². The Balaban J connectivity index is 2.18. The van der Waals surface area contributed by atoms with Gasteiger partial charge in [0, 0.05) is 12.6 Å². The molecule has 1 N–H and O–H groups in total. The summed E-state index contributed by atoms with van der Waals surface area (Å²) in [4.78, 5) is 15.3. The number of nitrogens with one attached hydrogen (secondary N) is 1. The Morgan fingerprint density at radius 3 is 3.31 bits per heavy atom. The fraction of sp³-hybridized carbons (Fsp3) is 0.333. The number of anilines is 1. The summed E-state index contributed by atoms with van der Waals surface area (Å²) in [5, 5.41) is 3.00. The molecule has 1 atom stereocenters. The Hall–Kier alpha value is -1.58. The molecule has 4 nitrogen and oxygen atoms in total. The lowest BCUT2D eigenvalue weighted by atomic mass is 10.1. The van der Waals surface area contributed by atoms with Crippen LogP contribution in [0.25, 0.3) is 0 Å². The molecule has 1 aromatic rings. The fourth-order valence-corrected chi connectivity index (χ4v) is 1.45. The first-order chi connectivity index (χ1) is 6.31. The van der Waals surface area contributed by atoms with Gasteiger partial charge in [0.25, 0.3) is 0 Å². The summed E-state index contributed by atoms with van der Waals surface area (Å²) in [6, 6.07) is 3.55. The first kappa shape index (κ1) is 8.04. The first-order valence-electron chi connectivity index (χ1n) is 4.09. The van der Waals surface area contributed by atoms with E-state index in [1.807, 2.05) is 12.1 Å². The van der Waals surface area contributed by atoms with Gasteiger partial charge in [0.05, 0.1) is 7.11 Å². The van der Waals surface area contributed by atoms with Gasteiger partial charge in [-0.25, -0.2) is 9.78 Å². The molecular formula is C9H10N2O2. The number of nitrogens with zero attached hydrogens (tertiary/aromatic N) is 1.